The number of hydrogen-bond donors (Lipinski definition) is 1. The number of benzene rings is 1. The number of aromatic nitrogens is 3. The van der Waals surface area contributed by atoms with Crippen molar-refractivity contribution in [3.63, 3.8) is 0 Å². The summed E-state index contributed by atoms with van der Waals surface area (Å²) in [4.78, 5) is 16.9. The van der Waals surface area contributed by atoms with Crippen molar-refractivity contribution < 1.29 is 13.2 Å². The van der Waals surface area contributed by atoms with Crippen molar-refractivity contribution in [3.05, 3.63) is 70.5 Å². The Balaban J connectivity index is 1.60. The number of carbonyl (C=O) groups is 1. The first-order valence-corrected chi connectivity index (χ1v) is 12.3. The minimum atomic E-state index is -3.25. The number of nitrogens with zero attached hydrogens (tertiary/aromatic N) is 3. The Morgan fingerprint density at radius 2 is 2.03 bits per heavy atom. The zero-order valence-corrected chi connectivity index (χ0v) is 18.8. The lowest BCUT2D eigenvalue weighted by atomic mass is 10.0. The third kappa shape index (κ3) is 4.97. The van der Waals surface area contributed by atoms with Crippen LogP contribution >= 0.6 is 11.6 Å². The van der Waals surface area contributed by atoms with E-state index in [0.717, 1.165) is 41.0 Å². The summed E-state index contributed by atoms with van der Waals surface area (Å²) in [6.45, 7) is 1.69. The third-order valence-electron chi connectivity index (χ3n) is 5.24. The van der Waals surface area contributed by atoms with Gasteiger partial charge in [-0.3, -0.25) is 9.48 Å². The zero-order chi connectivity index (χ0) is 22.2. The number of amides is 1. The summed E-state index contributed by atoms with van der Waals surface area (Å²) in [6.07, 6.45) is 8.14. The average molecular weight is 459 g/mol. The van der Waals surface area contributed by atoms with Crippen molar-refractivity contribution in [3.8, 4) is 0 Å². The summed E-state index contributed by atoms with van der Waals surface area (Å²) < 4.78 is 24.4. The normalized spacial score (nSPS) is 16.5. The van der Waals surface area contributed by atoms with E-state index in [2.05, 4.69) is 15.4 Å². The Labute approximate surface area is 186 Å². The second-order valence-corrected chi connectivity index (χ2v) is 10.3. The highest BCUT2D eigenvalue weighted by atomic mass is 35.5. The van der Waals surface area contributed by atoms with Crippen molar-refractivity contribution in [2.75, 3.05) is 6.26 Å². The first-order valence-electron chi connectivity index (χ1n) is 10.00. The molecule has 4 rings (SSSR count). The highest BCUT2D eigenvalue weighted by Gasteiger charge is 2.36. The molecule has 0 aliphatic heterocycles. The van der Waals surface area contributed by atoms with Crippen molar-refractivity contribution in [1.29, 1.82) is 0 Å². The van der Waals surface area contributed by atoms with Gasteiger partial charge >= 0.3 is 0 Å². The lowest BCUT2D eigenvalue weighted by Gasteiger charge is -2.20. The first-order chi connectivity index (χ1) is 14.7. The van der Waals surface area contributed by atoms with Crippen LogP contribution < -0.4 is 5.32 Å². The number of sulfone groups is 1. The van der Waals surface area contributed by atoms with Gasteiger partial charge in [0.05, 0.1) is 24.0 Å². The molecule has 2 atom stereocenters. The van der Waals surface area contributed by atoms with E-state index in [1.807, 2.05) is 28.9 Å². The van der Waals surface area contributed by atoms with Gasteiger partial charge in [0.15, 0.2) is 9.84 Å². The Morgan fingerprint density at radius 1 is 1.29 bits per heavy atom. The van der Waals surface area contributed by atoms with Gasteiger partial charge in [0.1, 0.15) is 5.69 Å². The molecule has 3 aromatic rings. The minimum Gasteiger partial charge on any atom is -0.345 e. The maximum absolute atomic E-state index is 12.5. The Hall–Kier alpha value is -2.71. The summed E-state index contributed by atoms with van der Waals surface area (Å²) in [7, 11) is -3.25. The molecule has 0 spiro atoms. The van der Waals surface area contributed by atoms with Gasteiger partial charge in [-0.2, -0.15) is 5.10 Å². The smallest absolute Gasteiger partial charge is 0.270 e. The van der Waals surface area contributed by atoms with Crippen LogP contribution in [-0.4, -0.2) is 41.4 Å². The molecule has 7 nitrogen and oxygen atoms in total. The molecule has 1 aromatic carbocycles. The summed E-state index contributed by atoms with van der Waals surface area (Å²) in [6, 6.07) is 9.06. The SMILES string of the molecule is C[C@H](/C=C/S(C)(=O)=O)NC(=O)c1cc2cnn([C@H](c3ccccc3Cl)C3CC3)c2cn1. The predicted molar refractivity (Wildman–Crippen MR) is 121 cm³/mol. The van der Waals surface area contributed by atoms with Gasteiger partial charge < -0.3 is 5.32 Å². The number of fused-ring (bicyclic) bond motifs is 1. The second-order valence-electron chi connectivity index (χ2n) is 7.94. The van der Waals surface area contributed by atoms with Gasteiger partial charge in [0, 0.05) is 28.1 Å². The molecule has 0 bridgehead atoms. The summed E-state index contributed by atoms with van der Waals surface area (Å²) >= 11 is 6.48. The number of hydrogen-bond acceptors (Lipinski definition) is 5. The lowest BCUT2D eigenvalue weighted by Crippen LogP contribution is -2.31. The van der Waals surface area contributed by atoms with Crippen LogP contribution in [0.1, 0.15) is 41.9 Å². The largest absolute Gasteiger partial charge is 0.345 e. The van der Waals surface area contributed by atoms with Crippen molar-refractivity contribution >= 4 is 38.2 Å². The molecule has 162 valence electrons. The Kier molecular flexibility index (Phi) is 5.85. The standard InChI is InChI=1S/C22H23ClN4O3S/c1-14(9-10-31(2,29)30)26-22(28)19-11-16-12-25-27(20(16)13-24-19)21(15-7-8-15)17-5-3-4-6-18(17)23/h3-6,9-15,21H,7-8H2,1-2H3,(H,26,28)/b10-9+/t14-,21+/m1/s1. The Bertz CT molecular complexity index is 1260. The molecular weight excluding hydrogens is 436 g/mol. The van der Waals surface area contributed by atoms with Crippen molar-refractivity contribution in [2.45, 2.75) is 31.8 Å². The van der Waals surface area contributed by atoms with Crippen LogP contribution in [0.15, 0.2) is 54.2 Å². The fraction of sp³-hybridized carbons (Fsp3) is 0.318. The van der Waals surface area contributed by atoms with E-state index in [1.54, 1.807) is 25.4 Å². The molecule has 1 fully saturated rings. The van der Waals surface area contributed by atoms with Crippen LogP contribution in [-0.2, 0) is 9.84 Å². The van der Waals surface area contributed by atoms with Gasteiger partial charge in [-0.15, -0.1) is 0 Å². The van der Waals surface area contributed by atoms with Gasteiger partial charge in [-0.1, -0.05) is 35.9 Å². The van der Waals surface area contributed by atoms with E-state index < -0.39 is 15.9 Å². The van der Waals surface area contributed by atoms with Crippen LogP contribution in [0.25, 0.3) is 10.9 Å². The second kappa shape index (κ2) is 8.43. The summed E-state index contributed by atoms with van der Waals surface area (Å²) in [5.74, 6) is 0.0820. The molecule has 0 unspecified atom stereocenters. The summed E-state index contributed by atoms with van der Waals surface area (Å²) in [5, 5.41) is 9.92. The molecule has 1 saturated carbocycles. The highest BCUT2D eigenvalue weighted by molar-refractivity contribution is 7.93. The van der Waals surface area contributed by atoms with Gasteiger partial charge in [-0.05, 0) is 43.4 Å². The maximum atomic E-state index is 12.5. The number of halogens is 1. The highest BCUT2D eigenvalue weighted by Crippen LogP contribution is 2.45. The quantitative estimate of drug-likeness (QED) is 0.581. The Morgan fingerprint density at radius 3 is 2.71 bits per heavy atom. The van der Waals surface area contributed by atoms with E-state index in [0.29, 0.717) is 10.9 Å². The van der Waals surface area contributed by atoms with E-state index in [1.165, 1.54) is 6.08 Å². The van der Waals surface area contributed by atoms with E-state index in [-0.39, 0.29) is 17.6 Å². The number of nitrogens with one attached hydrogen (secondary N) is 1. The minimum absolute atomic E-state index is 0.0221. The first kappa shape index (κ1) is 21.5. The molecule has 9 heteroatoms. The van der Waals surface area contributed by atoms with Crippen LogP contribution in [0, 0.1) is 5.92 Å². The molecule has 1 aliphatic carbocycles. The molecule has 1 N–H and O–H groups in total. The molecule has 1 amide bonds. The molecule has 2 aromatic heterocycles. The van der Waals surface area contributed by atoms with Crippen LogP contribution in [0.5, 0.6) is 0 Å². The van der Waals surface area contributed by atoms with Crippen LogP contribution in [0.2, 0.25) is 5.02 Å². The molecule has 1 aliphatic rings. The predicted octanol–water partition coefficient (Wildman–Crippen LogP) is 3.76. The fourth-order valence-electron chi connectivity index (χ4n) is 3.59. The van der Waals surface area contributed by atoms with Gasteiger partial charge in [0.25, 0.3) is 5.91 Å². The third-order valence-corrected chi connectivity index (χ3v) is 6.24. The molecule has 0 saturated heterocycles. The van der Waals surface area contributed by atoms with Gasteiger partial charge in [0.2, 0.25) is 0 Å². The fourth-order valence-corrected chi connectivity index (χ4v) is 4.36. The monoisotopic (exact) mass is 458 g/mol. The van der Waals surface area contributed by atoms with Crippen molar-refractivity contribution in [1.82, 2.24) is 20.1 Å². The lowest BCUT2D eigenvalue weighted by molar-refractivity contribution is 0.0942. The zero-order valence-electron chi connectivity index (χ0n) is 17.2. The number of rotatable bonds is 7. The van der Waals surface area contributed by atoms with E-state index in [9.17, 15) is 13.2 Å². The van der Waals surface area contributed by atoms with Crippen LogP contribution in [0.3, 0.4) is 0 Å². The molecule has 31 heavy (non-hydrogen) atoms. The maximum Gasteiger partial charge on any atom is 0.270 e. The number of pyridine rings is 1. The van der Waals surface area contributed by atoms with E-state index in [4.69, 9.17) is 11.6 Å². The molecular formula is C22H23ClN4O3S. The number of carbonyl (C=O) groups excluding carboxylic acids is 1. The average Bonchev–Trinajstić information content (AvgIpc) is 3.47. The van der Waals surface area contributed by atoms with Crippen molar-refractivity contribution in [2.24, 2.45) is 5.92 Å². The van der Waals surface area contributed by atoms with Crippen LogP contribution in [0.4, 0.5) is 0 Å². The molecule has 0 radical (unpaired) electrons. The topological polar surface area (TPSA) is 94.0 Å². The van der Waals surface area contributed by atoms with E-state index >= 15 is 0 Å². The summed E-state index contributed by atoms with van der Waals surface area (Å²) in [5.41, 5.74) is 2.11. The molecule has 2 heterocycles. The van der Waals surface area contributed by atoms with Gasteiger partial charge in [-0.25, -0.2) is 13.4 Å².